The molecule has 2 heterocycles. The van der Waals surface area contributed by atoms with Gasteiger partial charge in [-0.3, -0.25) is 4.79 Å². The van der Waals surface area contributed by atoms with E-state index < -0.39 is 0 Å². The minimum absolute atomic E-state index is 0.0730. The molecule has 1 aromatic heterocycles. The van der Waals surface area contributed by atoms with E-state index in [1.807, 2.05) is 35.2 Å². The predicted octanol–water partition coefficient (Wildman–Crippen LogP) is 3.46. The molecule has 144 valence electrons. The molecule has 1 saturated heterocycles. The van der Waals surface area contributed by atoms with E-state index in [1.165, 1.54) is 11.9 Å². The molecule has 1 fully saturated rings. The number of hydrogen-bond acceptors (Lipinski definition) is 5. The molecule has 6 nitrogen and oxygen atoms in total. The number of nitrogens with zero attached hydrogens (tertiary/aromatic N) is 4. The molecule has 0 saturated carbocycles. The van der Waals surface area contributed by atoms with Crippen molar-refractivity contribution in [2.75, 3.05) is 38.5 Å². The van der Waals surface area contributed by atoms with Crippen LogP contribution in [0.4, 0.5) is 11.5 Å². The smallest absolute Gasteiger partial charge is 0.253 e. The third kappa shape index (κ3) is 3.97. The maximum Gasteiger partial charge on any atom is 0.253 e. The second kappa shape index (κ2) is 7.94. The number of rotatable bonds is 3. The van der Waals surface area contributed by atoms with Gasteiger partial charge in [-0.25, -0.2) is 9.97 Å². The van der Waals surface area contributed by atoms with Crippen molar-refractivity contribution in [1.29, 1.82) is 0 Å². The molecular formula is C22H25N5O. The van der Waals surface area contributed by atoms with Crippen LogP contribution < -0.4 is 5.32 Å². The number of amides is 1. The summed E-state index contributed by atoms with van der Waals surface area (Å²) in [6, 6.07) is 13.8. The molecule has 3 aromatic rings. The minimum atomic E-state index is 0.0730. The maximum absolute atomic E-state index is 13.0. The zero-order chi connectivity index (χ0) is 19.5. The Morgan fingerprint density at radius 2 is 1.82 bits per heavy atom. The van der Waals surface area contributed by atoms with E-state index >= 15 is 0 Å². The van der Waals surface area contributed by atoms with Crippen LogP contribution in [0.1, 0.15) is 22.3 Å². The maximum atomic E-state index is 13.0. The summed E-state index contributed by atoms with van der Waals surface area (Å²) in [6.45, 7) is 5.56. The van der Waals surface area contributed by atoms with E-state index in [-0.39, 0.29) is 5.91 Å². The largest absolute Gasteiger partial charge is 0.340 e. The first kappa shape index (κ1) is 18.4. The summed E-state index contributed by atoms with van der Waals surface area (Å²) < 4.78 is 0. The average molecular weight is 375 g/mol. The molecule has 1 N–H and O–H groups in total. The van der Waals surface area contributed by atoms with Crippen molar-refractivity contribution in [2.45, 2.75) is 13.3 Å². The SMILES string of the molecule is Cc1ccc(Nc2ncnc3cc(C(=O)N4CCCN(C)CC4)ccc23)cc1. The van der Waals surface area contributed by atoms with Crippen LogP contribution in [0.5, 0.6) is 0 Å². The van der Waals surface area contributed by atoms with Crippen LogP contribution in [-0.4, -0.2) is 58.9 Å². The highest BCUT2D eigenvalue weighted by atomic mass is 16.2. The molecule has 0 aliphatic carbocycles. The highest BCUT2D eigenvalue weighted by molar-refractivity contribution is 6.00. The molecule has 0 bridgehead atoms. The van der Waals surface area contributed by atoms with Gasteiger partial charge in [-0.2, -0.15) is 0 Å². The van der Waals surface area contributed by atoms with Gasteiger partial charge in [0.15, 0.2) is 0 Å². The molecule has 4 rings (SSSR count). The van der Waals surface area contributed by atoms with Gasteiger partial charge in [-0.1, -0.05) is 17.7 Å². The number of nitrogens with one attached hydrogen (secondary N) is 1. The second-order valence-corrected chi connectivity index (χ2v) is 7.39. The number of hydrogen-bond donors (Lipinski definition) is 1. The summed E-state index contributed by atoms with van der Waals surface area (Å²) in [5.41, 5.74) is 3.62. The Morgan fingerprint density at radius 3 is 2.64 bits per heavy atom. The third-order valence-electron chi connectivity index (χ3n) is 5.20. The van der Waals surface area contributed by atoms with Gasteiger partial charge in [0, 0.05) is 36.3 Å². The predicted molar refractivity (Wildman–Crippen MR) is 112 cm³/mol. The summed E-state index contributed by atoms with van der Waals surface area (Å²) in [4.78, 5) is 25.9. The van der Waals surface area contributed by atoms with Crippen molar-refractivity contribution in [3.8, 4) is 0 Å². The van der Waals surface area contributed by atoms with E-state index in [2.05, 4.69) is 46.3 Å². The third-order valence-corrected chi connectivity index (χ3v) is 5.20. The molecule has 0 spiro atoms. The number of aromatic nitrogens is 2. The van der Waals surface area contributed by atoms with E-state index in [0.29, 0.717) is 5.56 Å². The number of fused-ring (bicyclic) bond motifs is 1. The van der Waals surface area contributed by atoms with Gasteiger partial charge >= 0.3 is 0 Å². The molecule has 0 atom stereocenters. The molecule has 28 heavy (non-hydrogen) atoms. The summed E-state index contributed by atoms with van der Waals surface area (Å²) in [5, 5.41) is 4.25. The summed E-state index contributed by atoms with van der Waals surface area (Å²) >= 11 is 0. The van der Waals surface area contributed by atoms with Gasteiger partial charge in [0.25, 0.3) is 5.91 Å². The van der Waals surface area contributed by atoms with Crippen LogP contribution >= 0.6 is 0 Å². The number of anilines is 2. The average Bonchev–Trinajstić information content (AvgIpc) is 2.93. The number of carbonyl (C=O) groups excluding carboxylic acids is 1. The molecule has 0 radical (unpaired) electrons. The molecule has 1 amide bonds. The van der Waals surface area contributed by atoms with Crippen molar-refractivity contribution < 1.29 is 4.79 Å². The fourth-order valence-corrected chi connectivity index (χ4v) is 3.50. The van der Waals surface area contributed by atoms with E-state index in [1.54, 1.807) is 0 Å². The van der Waals surface area contributed by atoms with Crippen molar-refractivity contribution in [1.82, 2.24) is 19.8 Å². The van der Waals surface area contributed by atoms with Crippen LogP contribution in [0.2, 0.25) is 0 Å². The topological polar surface area (TPSA) is 61.4 Å². The lowest BCUT2D eigenvalue weighted by Gasteiger charge is -2.20. The zero-order valence-electron chi connectivity index (χ0n) is 16.4. The van der Waals surface area contributed by atoms with Gasteiger partial charge in [-0.15, -0.1) is 0 Å². The first-order valence-electron chi connectivity index (χ1n) is 9.66. The van der Waals surface area contributed by atoms with Gasteiger partial charge in [0.05, 0.1) is 5.52 Å². The van der Waals surface area contributed by atoms with E-state index in [9.17, 15) is 4.79 Å². The zero-order valence-corrected chi connectivity index (χ0v) is 16.4. The Bertz CT molecular complexity index is 986. The molecule has 6 heteroatoms. The van der Waals surface area contributed by atoms with Crippen molar-refractivity contribution >= 4 is 28.3 Å². The fourth-order valence-electron chi connectivity index (χ4n) is 3.50. The van der Waals surface area contributed by atoms with Crippen LogP contribution in [0.3, 0.4) is 0 Å². The molecule has 1 aliphatic heterocycles. The molecule has 2 aromatic carbocycles. The van der Waals surface area contributed by atoms with Gasteiger partial charge in [0.1, 0.15) is 12.1 Å². The quantitative estimate of drug-likeness (QED) is 0.760. The Kier molecular flexibility index (Phi) is 5.21. The van der Waals surface area contributed by atoms with Gasteiger partial charge < -0.3 is 15.1 Å². The highest BCUT2D eigenvalue weighted by Crippen LogP contribution is 2.24. The number of benzene rings is 2. The summed E-state index contributed by atoms with van der Waals surface area (Å²) in [6.07, 6.45) is 2.54. The Hall–Kier alpha value is -2.99. The molecule has 0 unspecified atom stereocenters. The van der Waals surface area contributed by atoms with Crippen LogP contribution in [-0.2, 0) is 0 Å². The fraction of sp³-hybridized carbons (Fsp3) is 0.318. The van der Waals surface area contributed by atoms with Crippen molar-refractivity contribution in [3.05, 3.63) is 59.9 Å². The molecular weight excluding hydrogens is 350 g/mol. The summed E-state index contributed by atoms with van der Waals surface area (Å²) in [5.74, 6) is 0.813. The molecule has 1 aliphatic rings. The van der Waals surface area contributed by atoms with Crippen LogP contribution in [0, 0.1) is 6.92 Å². The van der Waals surface area contributed by atoms with Gasteiger partial charge in [0.2, 0.25) is 0 Å². The lowest BCUT2D eigenvalue weighted by molar-refractivity contribution is 0.0763. The van der Waals surface area contributed by atoms with Gasteiger partial charge in [-0.05, 0) is 57.3 Å². The number of carbonyl (C=O) groups is 1. The van der Waals surface area contributed by atoms with Crippen molar-refractivity contribution in [3.63, 3.8) is 0 Å². The Labute approximate surface area is 165 Å². The number of aryl methyl sites for hydroxylation is 1. The highest BCUT2D eigenvalue weighted by Gasteiger charge is 2.19. The van der Waals surface area contributed by atoms with E-state index in [0.717, 1.165) is 55.0 Å². The Balaban J connectivity index is 1.59. The van der Waals surface area contributed by atoms with E-state index in [4.69, 9.17) is 0 Å². The minimum Gasteiger partial charge on any atom is -0.340 e. The first-order chi connectivity index (χ1) is 13.6. The Morgan fingerprint density at radius 1 is 1.00 bits per heavy atom. The lowest BCUT2D eigenvalue weighted by atomic mass is 10.1. The monoisotopic (exact) mass is 375 g/mol. The second-order valence-electron chi connectivity index (χ2n) is 7.39. The first-order valence-corrected chi connectivity index (χ1v) is 9.66. The normalized spacial score (nSPS) is 15.4. The standard InChI is InChI=1S/C22H25N5O/c1-16-4-7-18(8-5-16)25-21-19-9-6-17(14-20(19)23-15-24-21)22(28)27-11-3-10-26(2)12-13-27/h4-9,14-15H,3,10-13H2,1-2H3,(H,23,24,25). The van der Waals surface area contributed by atoms with Crippen molar-refractivity contribution in [2.24, 2.45) is 0 Å². The lowest BCUT2D eigenvalue weighted by Crippen LogP contribution is -2.34. The van der Waals surface area contributed by atoms with Crippen LogP contribution in [0.15, 0.2) is 48.8 Å². The van der Waals surface area contributed by atoms with Crippen LogP contribution in [0.25, 0.3) is 10.9 Å². The summed E-state index contributed by atoms with van der Waals surface area (Å²) in [7, 11) is 2.10. The number of likely N-dealkylation sites (N-methyl/N-ethyl adjacent to an activating group) is 1.